The maximum absolute atomic E-state index is 13.9. The molecule has 22 heavy (non-hydrogen) atoms. The van der Waals surface area contributed by atoms with Gasteiger partial charge in [-0.05, 0) is 38.5 Å². The number of furan rings is 1. The summed E-state index contributed by atoms with van der Waals surface area (Å²) >= 11 is 0. The van der Waals surface area contributed by atoms with Crippen molar-refractivity contribution in [1.29, 1.82) is 0 Å². The summed E-state index contributed by atoms with van der Waals surface area (Å²) in [6, 6.07) is 2.32. The Balaban J connectivity index is 2.72. The molecule has 0 aliphatic heterocycles. The first-order valence-electron chi connectivity index (χ1n) is 6.71. The Labute approximate surface area is 126 Å². The number of carbonyl (C=O) groups excluding carboxylic acids is 1. The maximum Gasteiger partial charge on any atom is 0.374 e. The molecule has 0 aliphatic carbocycles. The molecule has 0 spiro atoms. The van der Waals surface area contributed by atoms with Crippen LogP contribution in [-0.4, -0.2) is 19.7 Å². The minimum absolute atomic E-state index is 0.0545. The number of carbonyl (C=O) groups is 1. The molecule has 0 radical (unpaired) electrons. The van der Waals surface area contributed by atoms with Crippen LogP contribution in [0.5, 0.6) is 5.75 Å². The van der Waals surface area contributed by atoms with Crippen LogP contribution >= 0.6 is 0 Å². The van der Waals surface area contributed by atoms with Gasteiger partial charge in [-0.1, -0.05) is 0 Å². The fourth-order valence-electron chi connectivity index (χ4n) is 2.22. The first-order chi connectivity index (χ1) is 10.4. The number of ether oxygens (including phenoxy) is 2. The molecule has 0 fully saturated rings. The fraction of sp³-hybridized carbons (Fsp3) is 0.312. The molecule has 0 saturated carbocycles. The number of halogens is 2. The second-order valence-electron chi connectivity index (χ2n) is 4.65. The molecular weight excluding hydrogens is 294 g/mol. The van der Waals surface area contributed by atoms with Gasteiger partial charge in [-0.2, -0.15) is 4.39 Å². The minimum atomic E-state index is -1.12. The SMILES string of the molecule is CCOC(=O)c1oc(C)c(C)c1-c1ccc(F)c(F)c1OC. The number of aryl methyl sites for hydroxylation is 1. The maximum atomic E-state index is 13.9. The smallest absolute Gasteiger partial charge is 0.374 e. The van der Waals surface area contributed by atoms with Gasteiger partial charge in [0.1, 0.15) is 5.76 Å². The normalized spacial score (nSPS) is 10.6. The van der Waals surface area contributed by atoms with Gasteiger partial charge >= 0.3 is 5.97 Å². The zero-order valence-corrected chi connectivity index (χ0v) is 12.8. The van der Waals surface area contributed by atoms with Crippen LogP contribution in [0.1, 0.15) is 28.8 Å². The first kappa shape index (κ1) is 16.0. The monoisotopic (exact) mass is 310 g/mol. The van der Waals surface area contributed by atoms with Gasteiger partial charge in [0.05, 0.1) is 13.7 Å². The number of hydrogen-bond acceptors (Lipinski definition) is 4. The van der Waals surface area contributed by atoms with Gasteiger partial charge in [0.25, 0.3) is 0 Å². The van der Waals surface area contributed by atoms with Gasteiger partial charge in [-0.15, -0.1) is 0 Å². The summed E-state index contributed by atoms with van der Waals surface area (Å²) in [5.74, 6) is -2.66. The average molecular weight is 310 g/mol. The lowest BCUT2D eigenvalue weighted by molar-refractivity contribution is 0.0490. The van der Waals surface area contributed by atoms with Gasteiger partial charge in [-0.3, -0.25) is 0 Å². The summed E-state index contributed by atoms with van der Waals surface area (Å²) in [5.41, 5.74) is 1.21. The molecule has 0 unspecified atom stereocenters. The number of methoxy groups -OCH3 is 1. The lowest BCUT2D eigenvalue weighted by Crippen LogP contribution is -2.06. The Morgan fingerprint density at radius 3 is 2.55 bits per heavy atom. The highest BCUT2D eigenvalue weighted by molar-refractivity contribution is 5.97. The Kier molecular flexibility index (Phi) is 4.49. The van der Waals surface area contributed by atoms with Gasteiger partial charge in [0.15, 0.2) is 11.6 Å². The summed E-state index contributed by atoms with van der Waals surface area (Å²) in [6.07, 6.45) is 0. The Morgan fingerprint density at radius 1 is 1.27 bits per heavy atom. The van der Waals surface area contributed by atoms with E-state index in [1.54, 1.807) is 20.8 Å². The Bertz CT molecular complexity index is 719. The molecule has 1 aromatic heterocycles. The number of benzene rings is 1. The molecule has 118 valence electrons. The number of rotatable bonds is 4. The highest BCUT2D eigenvalue weighted by Crippen LogP contribution is 2.39. The van der Waals surface area contributed by atoms with Crippen molar-refractivity contribution in [2.45, 2.75) is 20.8 Å². The second kappa shape index (κ2) is 6.17. The zero-order chi connectivity index (χ0) is 16.4. The van der Waals surface area contributed by atoms with E-state index in [2.05, 4.69) is 0 Å². The van der Waals surface area contributed by atoms with Gasteiger partial charge < -0.3 is 13.9 Å². The molecule has 1 heterocycles. The number of esters is 1. The van der Waals surface area contributed by atoms with E-state index in [1.807, 2.05) is 0 Å². The van der Waals surface area contributed by atoms with Crippen molar-refractivity contribution in [1.82, 2.24) is 0 Å². The van der Waals surface area contributed by atoms with Gasteiger partial charge in [0, 0.05) is 11.1 Å². The number of hydrogen-bond donors (Lipinski definition) is 0. The molecule has 0 N–H and O–H groups in total. The van der Waals surface area contributed by atoms with Crippen molar-refractivity contribution in [3.8, 4) is 16.9 Å². The van der Waals surface area contributed by atoms with E-state index >= 15 is 0 Å². The van der Waals surface area contributed by atoms with Crippen LogP contribution in [0, 0.1) is 25.5 Å². The molecule has 0 aliphatic rings. The fourth-order valence-corrected chi connectivity index (χ4v) is 2.22. The predicted octanol–water partition coefficient (Wildman–Crippen LogP) is 4.03. The molecule has 0 amide bonds. The molecule has 2 aromatic rings. The standard InChI is InChI=1S/C16H16F2O4/c1-5-21-16(19)15-12(8(2)9(3)22-15)10-6-7-11(17)13(18)14(10)20-4/h6-7H,5H2,1-4H3. The van der Waals surface area contributed by atoms with Crippen LogP contribution in [-0.2, 0) is 4.74 Å². The van der Waals surface area contributed by atoms with Gasteiger partial charge in [0.2, 0.25) is 11.6 Å². The Morgan fingerprint density at radius 2 is 1.95 bits per heavy atom. The third-order valence-electron chi connectivity index (χ3n) is 3.37. The van der Waals surface area contributed by atoms with Crippen LogP contribution in [0.15, 0.2) is 16.5 Å². The molecule has 1 aromatic carbocycles. The van der Waals surface area contributed by atoms with Crippen molar-refractivity contribution in [2.75, 3.05) is 13.7 Å². The van der Waals surface area contributed by atoms with Crippen LogP contribution in [0.4, 0.5) is 8.78 Å². The largest absolute Gasteiger partial charge is 0.493 e. The molecular formula is C16H16F2O4. The van der Waals surface area contributed by atoms with Crippen LogP contribution in [0.3, 0.4) is 0 Å². The van der Waals surface area contributed by atoms with E-state index in [-0.39, 0.29) is 23.7 Å². The molecule has 0 bridgehead atoms. The van der Waals surface area contributed by atoms with E-state index < -0.39 is 17.6 Å². The topological polar surface area (TPSA) is 48.7 Å². The van der Waals surface area contributed by atoms with Gasteiger partial charge in [-0.25, -0.2) is 9.18 Å². The third kappa shape index (κ3) is 2.56. The highest BCUT2D eigenvalue weighted by Gasteiger charge is 2.27. The highest BCUT2D eigenvalue weighted by atomic mass is 19.2. The molecule has 2 rings (SSSR count). The summed E-state index contributed by atoms with van der Waals surface area (Å²) < 4.78 is 42.6. The van der Waals surface area contributed by atoms with E-state index in [1.165, 1.54) is 13.2 Å². The van der Waals surface area contributed by atoms with Crippen molar-refractivity contribution < 1.29 is 27.5 Å². The van der Waals surface area contributed by atoms with Crippen LogP contribution in [0.25, 0.3) is 11.1 Å². The first-order valence-corrected chi connectivity index (χ1v) is 6.71. The predicted molar refractivity (Wildman–Crippen MR) is 76.0 cm³/mol. The molecule has 0 atom stereocenters. The quantitative estimate of drug-likeness (QED) is 0.800. The summed E-state index contributed by atoms with van der Waals surface area (Å²) in [7, 11) is 1.23. The minimum Gasteiger partial charge on any atom is -0.493 e. The lowest BCUT2D eigenvalue weighted by atomic mass is 9.99. The van der Waals surface area contributed by atoms with Crippen LogP contribution in [0.2, 0.25) is 0 Å². The lowest BCUT2D eigenvalue weighted by Gasteiger charge is -2.11. The third-order valence-corrected chi connectivity index (χ3v) is 3.37. The van der Waals surface area contributed by atoms with E-state index in [9.17, 15) is 13.6 Å². The van der Waals surface area contributed by atoms with Crippen LogP contribution < -0.4 is 4.74 Å². The summed E-state index contributed by atoms with van der Waals surface area (Å²) in [4.78, 5) is 12.0. The Hall–Kier alpha value is -2.37. The molecule has 6 heteroatoms. The van der Waals surface area contributed by atoms with Crippen molar-refractivity contribution in [3.05, 3.63) is 40.9 Å². The van der Waals surface area contributed by atoms with E-state index in [0.29, 0.717) is 16.9 Å². The van der Waals surface area contributed by atoms with E-state index in [0.717, 1.165) is 6.07 Å². The molecule has 4 nitrogen and oxygen atoms in total. The second-order valence-corrected chi connectivity index (χ2v) is 4.65. The summed E-state index contributed by atoms with van der Waals surface area (Å²) in [5, 5.41) is 0. The average Bonchev–Trinajstić information content (AvgIpc) is 2.78. The van der Waals surface area contributed by atoms with E-state index in [4.69, 9.17) is 13.9 Å². The van der Waals surface area contributed by atoms with Crippen molar-refractivity contribution in [3.63, 3.8) is 0 Å². The van der Waals surface area contributed by atoms with Crippen molar-refractivity contribution in [2.24, 2.45) is 0 Å². The zero-order valence-electron chi connectivity index (χ0n) is 12.8. The summed E-state index contributed by atoms with van der Waals surface area (Å²) in [6.45, 7) is 5.23. The van der Waals surface area contributed by atoms with Crippen molar-refractivity contribution >= 4 is 5.97 Å². The molecule has 0 saturated heterocycles.